The topological polar surface area (TPSA) is 15.3 Å². The second kappa shape index (κ2) is 7.22. The summed E-state index contributed by atoms with van der Waals surface area (Å²) < 4.78 is 0. The Morgan fingerprint density at radius 2 is 2.29 bits per heavy atom. The molecule has 4 heteroatoms. The number of hydrogen-bond donors (Lipinski definition) is 1. The summed E-state index contributed by atoms with van der Waals surface area (Å²) in [6.45, 7) is 3.31. The molecule has 1 saturated heterocycles. The van der Waals surface area contributed by atoms with Crippen LogP contribution >= 0.6 is 24.0 Å². The van der Waals surface area contributed by atoms with Gasteiger partial charge in [-0.05, 0) is 44.1 Å². The van der Waals surface area contributed by atoms with Crippen molar-refractivity contribution in [1.82, 2.24) is 10.2 Å². The van der Waals surface area contributed by atoms with E-state index in [0.29, 0.717) is 6.04 Å². The molecule has 1 heterocycles. The molecule has 1 atom stereocenters. The molecule has 1 aliphatic rings. The standard InChI is InChI=1S/C13H19ClN2.ClH/c1-15-9-13-6-3-7-16(13)10-11-4-2-5-12(14)8-11;/h2,4-5,8,13,15H,3,6-7,9-10H2,1H3;1H. The molecule has 0 spiro atoms. The van der Waals surface area contributed by atoms with Gasteiger partial charge in [-0.1, -0.05) is 23.7 Å². The molecular formula is C13H20Cl2N2. The molecule has 0 bridgehead atoms. The average molecular weight is 275 g/mol. The molecule has 2 nitrogen and oxygen atoms in total. The molecule has 1 N–H and O–H groups in total. The van der Waals surface area contributed by atoms with E-state index < -0.39 is 0 Å². The second-order valence-electron chi connectivity index (χ2n) is 4.45. The van der Waals surface area contributed by atoms with E-state index in [-0.39, 0.29) is 12.4 Å². The monoisotopic (exact) mass is 274 g/mol. The predicted octanol–water partition coefficient (Wildman–Crippen LogP) is 2.95. The summed E-state index contributed by atoms with van der Waals surface area (Å²) >= 11 is 6.00. The van der Waals surface area contributed by atoms with Crippen LogP contribution in [0.3, 0.4) is 0 Å². The van der Waals surface area contributed by atoms with Crippen LogP contribution in [0.4, 0.5) is 0 Å². The highest BCUT2D eigenvalue weighted by Crippen LogP contribution is 2.20. The minimum atomic E-state index is 0. The number of likely N-dealkylation sites (tertiary alicyclic amines) is 1. The van der Waals surface area contributed by atoms with Crippen molar-refractivity contribution in [2.24, 2.45) is 0 Å². The van der Waals surface area contributed by atoms with Crippen molar-refractivity contribution in [2.45, 2.75) is 25.4 Å². The third-order valence-corrected chi connectivity index (χ3v) is 3.45. The molecule has 0 saturated carbocycles. The number of nitrogens with one attached hydrogen (secondary N) is 1. The first-order valence-corrected chi connectivity index (χ1v) is 6.30. The Labute approximate surface area is 115 Å². The van der Waals surface area contributed by atoms with E-state index in [4.69, 9.17) is 11.6 Å². The van der Waals surface area contributed by atoms with E-state index in [1.54, 1.807) is 0 Å². The van der Waals surface area contributed by atoms with E-state index >= 15 is 0 Å². The van der Waals surface area contributed by atoms with Crippen LogP contribution in [0.2, 0.25) is 5.02 Å². The van der Waals surface area contributed by atoms with Crippen LogP contribution in [0.25, 0.3) is 0 Å². The SMILES string of the molecule is CNCC1CCCN1Cc1cccc(Cl)c1.Cl. The van der Waals surface area contributed by atoms with E-state index in [2.05, 4.69) is 22.3 Å². The average Bonchev–Trinajstić information content (AvgIpc) is 2.66. The summed E-state index contributed by atoms with van der Waals surface area (Å²) in [7, 11) is 2.02. The predicted molar refractivity (Wildman–Crippen MR) is 76.1 cm³/mol. The summed E-state index contributed by atoms with van der Waals surface area (Å²) in [5, 5.41) is 4.10. The maximum atomic E-state index is 6.00. The lowest BCUT2D eigenvalue weighted by atomic mass is 10.2. The van der Waals surface area contributed by atoms with Crippen LogP contribution in [0.15, 0.2) is 24.3 Å². The Hall–Kier alpha value is -0.280. The highest BCUT2D eigenvalue weighted by atomic mass is 35.5. The van der Waals surface area contributed by atoms with Gasteiger partial charge < -0.3 is 5.32 Å². The highest BCUT2D eigenvalue weighted by Gasteiger charge is 2.23. The number of rotatable bonds is 4. The van der Waals surface area contributed by atoms with Crippen LogP contribution in [-0.4, -0.2) is 31.1 Å². The number of benzene rings is 1. The number of halogens is 2. The van der Waals surface area contributed by atoms with Gasteiger partial charge in [0.15, 0.2) is 0 Å². The van der Waals surface area contributed by atoms with E-state index in [1.807, 2.05) is 19.2 Å². The molecule has 96 valence electrons. The van der Waals surface area contributed by atoms with Gasteiger partial charge >= 0.3 is 0 Å². The molecule has 0 radical (unpaired) electrons. The molecule has 0 aromatic heterocycles. The number of likely N-dealkylation sites (N-methyl/N-ethyl adjacent to an activating group) is 1. The van der Waals surface area contributed by atoms with Crippen molar-refractivity contribution in [3.63, 3.8) is 0 Å². The Bertz CT molecular complexity index is 344. The Balaban J connectivity index is 0.00000144. The first-order valence-electron chi connectivity index (χ1n) is 5.92. The van der Waals surface area contributed by atoms with Crippen molar-refractivity contribution >= 4 is 24.0 Å². The number of hydrogen-bond acceptors (Lipinski definition) is 2. The van der Waals surface area contributed by atoms with Crippen LogP contribution in [0.5, 0.6) is 0 Å². The molecule has 2 rings (SSSR count). The molecule has 1 aromatic rings. The van der Waals surface area contributed by atoms with Crippen molar-refractivity contribution in [3.8, 4) is 0 Å². The van der Waals surface area contributed by atoms with Crippen LogP contribution in [0, 0.1) is 0 Å². The molecule has 1 aliphatic heterocycles. The van der Waals surface area contributed by atoms with Gasteiger partial charge in [0.05, 0.1) is 0 Å². The number of nitrogens with zero attached hydrogens (tertiary/aromatic N) is 1. The zero-order valence-electron chi connectivity index (χ0n) is 10.2. The molecular weight excluding hydrogens is 255 g/mol. The normalized spacial score (nSPS) is 20.2. The second-order valence-corrected chi connectivity index (χ2v) is 4.89. The Morgan fingerprint density at radius 1 is 1.47 bits per heavy atom. The molecule has 1 aromatic carbocycles. The van der Waals surface area contributed by atoms with Gasteiger partial charge in [-0.3, -0.25) is 4.90 Å². The highest BCUT2D eigenvalue weighted by molar-refractivity contribution is 6.30. The van der Waals surface area contributed by atoms with Crippen molar-refractivity contribution in [3.05, 3.63) is 34.9 Å². The fourth-order valence-corrected chi connectivity index (χ4v) is 2.65. The fraction of sp³-hybridized carbons (Fsp3) is 0.538. The minimum Gasteiger partial charge on any atom is -0.318 e. The first kappa shape index (κ1) is 14.8. The molecule has 0 aliphatic carbocycles. The third-order valence-electron chi connectivity index (χ3n) is 3.21. The fourth-order valence-electron chi connectivity index (χ4n) is 2.44. The Morgan fingerprint density at radius 3 is 3.00 bits per heavy atom. The lowest BCUT2D eigenvalue weighted by Crippen LogP contribution is -2.36. The third kappa shape index (κ3) is 4.14. The lowest BCUT2D eigenvalue weighted by molar-refractivity contribution is 0.242. The smallest absolute Gasteiger partial charge is 0.0409 e. The minimum absolute atomic E-state index is 0. The molecule has 1 unspecified atom stereocenters. The van der Waals surface area contributed by atoms with Gasteiger partial charge in [-0.2, -0.15) is 0 Å². The maximum Gasteiger partial charge on any atom is 0.0409 e. The zero-order valence-corrected chi connectivity index (χ0v) is 11.7. The van der Waals surface area contributed by atoms with Gasteiger partial charge in [-0.15, -0.1) is 12.4 Å². The zero-order chi connectivity index (χ0) is 11.4. The molecule has 1 fully saturated rings. The van der Waals surface area contributed by atoms with E-state index in [9.17, 15) is 0 Å². The first-order chi connectivity index (χ1) is 7.79. The molecule has 0 amide bonds. The summed E-state index contributed by atoms with van der Waals surface area (Å²) in [5.41, 5.74) is 1.32. The lowest BCUT2D eigenvalue weighted by Gasteiger charge is -2.24. The summed E-state index contributed by atoms with van der Waals surface area (Å²) in [5.74, 6) is 0. The quantitative estimate of drug-likeness (QED) is 0.909. The van der Waals surface area contributed by atoms with Gasteiger partial charge in [0.25, 0.3) is 0 Å². The maximum absolute atomic E-state index is 6.00. The van der Waals surface area contributed by atoms with Crippen LogP contribution in [0.1, 0.15) is 18.4 Å². The van der Waals surface area contributed by atoms with E-state index in [1.165, 1.54) is 24.9 Å². The van der Waals surface area contributed by atoms with Crippen molar-refractivity contribution < 1.29 is 0 Å². The summed E-state index contributed by atoms with van der Waals surface area (Å²) in [4.78, 5) is 2.54. The molecule has 17 heavy (non-hydrogen) atoms. The summed E-state index contributed by atoms with van der Waals surface area (Å²) in [6, 6.07) is 8.86. The van der Waals surface area contributed by atoms with Gasteiger partial charge in [0.1, 0.15) is 0 Å². The Kier molecular flexibility index (Phi) is 6.28. The van der Waals surface area contributed by atoms with Crippen molar-refractivity contribution in [2.75, 3.05) is 20.1 Å². The summed E-state index contributed by atoms with van der Waals surface area (Å²) in [6.07, 6.45) is 2.62. The van der Waals surface area contributed by atoms with E-state index in [0.717, 1.165) is 18.1 Å². The van der Waals surface area contributed by atoms with Crippen molar-refractivity contribution in [1.29, 1.82) is 0 Å². The van der Waals surface area contributed by atoms with Gasteiger partial charge in [0, 0.05) is 24.2 Å². The van der Waals surface area contributed by atoms with Gasteiger partial charge in [0.2, 0.25) is 0 Å². The largest absolute Gasteiger partial charge is 0.318 e. The van der Waals surface area contributed by atoms with Crippen LogP contribution < -0.4 is 5.32 Å². The van der Waals surface area contributed by atoms with Gasteiger partial charge in [-0.25, -0.2) is 0 Å². The van der Waals surface area contributed by atoms with Crippen LogP contribution in [-0.2, 0) is 6.54 Å².